The number of aryl methyl sites for hydroxylation is 4. The number of piperazine rings is 2. The zero-order chi connectivity index (χ0) is 51.4. The molecule has 0 aliphatic carbocycles. The van der Waals surface area contributed by atoms with E-state index in [1.807, 2.05) is 147 Å². The Bertz CT molecular complexity index is 3120. The Morgan fingerprint density at radius 1 is 0.534 bits per heavy atom. The number of amides is 1. The highest BCUT2D eigenvalue weighted by Crippen LogP contribution is 2.30. The summed E-state index contributed by atoms with van der Waals surface area (Å²) < 4.78 is 15.7. The molecule has 73 heavy (non-hydrogen) atoms. The van der Waals surface area contributed by atoms with Crippen LogP contribution in [0.1, 0.15) is 43.2 Å². The first kappa shape index (κ1) is 51.0. The fourth-order valence-corrected chi connectivity index (χ4v) is 8.33. The lowest BCUT2D eigenvalue weighted by molar-refractivity contribution is 0.0696. The van der Waals surface area contributed by atoms with Crippen molar-refractivity contribution in [3.63, 3.8) is 0 Å². The van der Waals surface area contributed by atoms with E-state index in [0.29, 0.717) is 22.8 Å². The highest BCUT2D eigenvalue weighted by atomic mass is 16.5. The largest absolute Gasteiger partial charge is 0.478 e. The molecule has 0 unspecified atom stereocenters. The molecule has 15 heteroatoms. The molecule has 2 aliphatic heterocycles. The van der Waals surface area contributed by atoms with Crippen LogP contribution in [0.2, 0.25) is 0 Å². The van der Waals surface area contributed by atoms with Gasteiger partial charge in [0.1, 0.15) is 23.0 Å². The van der Waals surface area contributed by atoms with E-state index >= 15 is 0 Å². The van der Waals surface area contributed by atoms with E-state index < -0.39 is 5.97 Å². The van der Waals surface area contributed by atoms with Gasteiger partial charge in [-0.05, 0) is 138 Å². The number of likely N-dealkylation sites (N-methyl/N-ethyl adjacent to an activating group) is 2. The van der Waals surface area contributed by atoms with Crippen LogP contribution in [0.15, 0.2) is 159 Å². The first-order valence-electron chi connectivity index (χ1n) is 24.4. The zero-order valence-electron chi connectivity index (χ0n) is 42.4. The molecule has 1 amide bonds. The van der Waals surface area contributed by atoms with Crippen LogP contribution in [0.3, 0.4) is 0 Å². The van der Waals surface area contributed by atoms with Crippen molar-refractivity contribution in [1.29, 1.82) is 0 Å². The van der Waals surface area contributed by atoms with Gasteiger partial charge in [-0.2, -0.15) is 0 Å². The van der Waals surface area contributed by atoms with E-state index in [1.54, 1.807) is 24.5 Å². The minimum absolute atomic E-state index is 0.184. The molecular formula is C58H64N10O5. The number of rotatable bonds is 11. The van der Waals surface area contributed by atoms with Crippen molar-refractivity contribution >= 4 is 34.6 Å². The summed E-state index contributed by atoms with van der Waals surface area (Å²) in [4.78, 5) is 42.3. The van der Waals surface area contributed by atoms with Gasteiger partial charge < -0.3 is 54.4 Å². The van der Waals surface area contributed by atoms with E-state index in [0.717, 1.165) is 109 Å². The molecule has 2 fully saturated rings. The van der Waals surface area contributed by atoms with Crippen LogP contribution in [0.5, 0.6) is 23.0 Å². The number of aromatic carboxylic acids is 1. The maximum absolute atomic E-state index is 13.3. The van der Waals surface area contributed by atoms with Gasteiger partial charge in [-0.15, -0.1) is 0 Å². The third kappa shape index (κ3) is 13.9. The smallest absolute Gasteiger partial charge is 0.335 e. The molecule has 6 aromatic carbocycles. The molecule has 0 spiro atoms. The van der Waals surface area contributed by atoms with Crippen molar-refractivity contribution in [1.82, 2.24) is 28.9 Å². The molecule has 2 aromatic heterocycles. The number of hydrogen-bond acceptors (Lipinski definition) is 11. The van der Waals surface area contributed by atoms with Gasteiger partial charge in [0, 0.05) is 93.1 Å². The number of carbonyl (C=O) groups is 2. The van der Waals surface area contributed by atoms with Gasteiger partial charge in [-0.1, -0.05) is 48.5 Å². The number of nitrogen functional groups attached to an aromatic ring is 1. The SMILES string of the molecule is Cc1ccc(C(=O)O)cc1Oc1ccccc1.Cc1cn(-c2cc(N)cc(N3CCN(C)CC3)c2)cn1.Cc1cn(-c2cc(NC(=O)c3ccc(C)c(Oc4ccccc4)c3)cc(N3CCN(C)CC3)c2)cn1. The summed E-state index contributed by atoms with van der Waals surface area (Å²) in [6.07, 6.45) is 7.64. The zero-order valence-corrected chi connectivity index (χ0v) is 42.4. The summed E-state index contributed by atoms with van der Waals surface area (Å²) >= 11 is 0. The first-order valence-corrected chi connectivity index (χ1v) is 24.4. The minimum Gasteiger partial charge on any atom is -0.478 e. The van der Waals surface area contributed by atoms with Gasteiger partial charge in [0.05, 0.1) is 41.0 Å². The molecular weight excluding hydrogens is 917 g/mol. The van der Waals surface area contributed by atoms with E-state index in [4.69, 9.17) is 20.3 Å². The number of anilines is 4. The third-order valence-electron chi connectivity index (χ3n) is 12.7. The Kier molecular flexibility index (Phi) is 16.5. The van der Waals surface area contributed by atoms with Gasteiger partial charge >= 0.3 is 5.97 Å². The number of carboxylic acids is 1. The Morgan fingerprint density at radius 2 is 0.959 bits per heavy atom. The second kappa shape index (κ2) is 23.7. The van der Waals surface area contributed by atoms with E-state index in [2.05, 4.69) is 67.2 Å². The van der Waals surface area contributed by atoms with Crippen molar-refractivity contribution in [2.75, 3.05) is 87.3 Å². The predicted octanol–water partition coefficient (Wildman–Crippen LogP) is 10.3. The number of hydrogen-bond donors (Lipinski definition) is 3. The van der Waals surface area contributed by atoms with Crippen molar-refractivity contribution in [2.45, 2.75) is 27.7 Å². The molecule has 2 aliphatic rings. The lowest BCUT2D eigenvalue weighted by Gasteiger charge is -2.34. The number of carbonyl (C=O) groups excluding carboxylic acids is 1. The van der Waals surface area contributed by atoms with Gasteiger partial charge in [-0.3, -0.25) is 4.79 Å². The predicted molar refractivity (Wildman–Crippen MR) is 291 cm³/mol. The van der Waals surface area contributed by atoms with Crippen LogP contribution < -0.4 is 30.3 Å². The highest BCUT2D eigenvalue weighted by molar-refractivity contribution is 6.05. The number of carboxylic acid groups (broad SMARTS) is 1. The summed E-state index contributed by atoms with van der Waals surface area (Å²) in [6.45, 7) is 16.0. The Labute approximate surface area is 427 Å². The molecule has 2 saturated heterocycles. The van der Waals surface area contributed by atoms with Gasteiger partial charge in [-0.25, -0.2) is 14.8 Å². The lowest BCUT2D eigenvalue weighted by atomic mass is 10.1. The summed E-state index contributed by atoms with van der Waals surface area (Å²) in [6, 6.07) is 41.6. The third-order valence-corrected chi connectivity index (χ3v) is 12.7. The van der Waals surface area contributed by atoms with Crippen LogP contribution in [0, 0.1) is 27.7 Å². The monoisotopic (exact) mass is 981 g/mol. The molecule has 15 nitrogen and oxygen atoms in total. The van der Waals surface area contributed by atoms with Crippen molar-refractivity contribution in [3.8, 4) is 34.4 Å². The fraction of sp³-hybridized carbons (Fsp3) is 0.241. The molecule has 0 saturated carbocycles. The number of ether oxygens (including phenoxy) is 2. The summed E-state index contributed by atoms with van der Waals surface area (Å²) in [7, 11) is 4.31. The minimum atomic E-state index is -0.956. The number of nitrogens with zero attached hydrogens (tertiary/aromatic N) is 8. The maximum atomic E-state index is 13.3. The molecule has 0 bridgehead atoms. The molecule has 376 valence electrons. The van der Waals surface area contributed by atoms with Gasteiger partial charge in [0.2, 0.25) is 0 Å². The van der Waals surface area contributed by atoms with Crippen LogP contribution >= 0.6 is 0 Å². The number of imidazole rings is 2. The Morgan fingerprint density at radius 3 is 1.42 bits per heavy atom. The molecule has 4 heterocycles. The number of para-hydroxylation sites is 2. The average Bonchev–Trinajstić information content (AvgIpc) is 4.04. The molecule has 0 radical (unpaired) electrons. The highest BCUT2D eigenvalue weighted by Gasteiger charge is 2.19. The first-order chi connectivity index (χ1) is 35.2. The van der Waals surface area contributed by atoms with Crippen molar-refractivity contribution < 1.29 is 24.2 Å². The summed E-state index contributed by atoms with van der Waals surface area (Å²) in [5.41, 5.74) is 16.5. The topological polar surface area (TPSA) is 159 Å². The van der Waals surface area contributed by atoms with Gasteiger partial charge in [0.25, 0.3) is 5.91 Å². The number of nitrogens with two attached hydrogens (primary N) is 1. The van der Waals surface area contributed by atoms with E-state index in [9.17, 15) is 9.59 Å². The fourth-order valence-electron chi connectivity index (χ4n) is 8.33. The average molecular weight is 981 g/mol. The number of benzene rings is 6. The number of aromatic nitrogens is 4. The number of nitrogens with one attached hydrogen (secondary N) is 1. The maximum Gasteiger partial charge on any atom is 0.335 e. The van der Waals surface area contributed by atoms with E-state index in [1.165, 1.54) is 11.8 Å². The van der Waals surface area contributed by atoms with E-state index in [-0.39, 0.29) is 11.5 Å². The second-order valence-corrected chi connectivity index (χ2v) is 18.5. The van der Waals surface area contributed by atoms with Crippen LogP contribution in [0.4, 0.5) is 22.7 Å². The Hall–Kier alpha value is -8.40. The summed E-state index contributed by atoms with van der Waals surface area (Å²) in [5.74, 6) is 1.52. The Balaban J connectivity index is 0.000000162. The van der Waals surface area contributed by atoms with Gasteiger partial charge in [0.15, 0.2) is 0 Å². The quantitative estimate of drug-likeness (QED) is 0.106. The second-order valence-electron chi connectivity index (χ2n) is 18.5. The molecule has 0 atom stereocenters. The van der Waals surface area contributed by atoms with Crippen LogP contribution in [0.25, 0.3) is 11.4 Å². The summed E-state index contributed by atoms with van der Waals surface area (Å²) in [5, 5.41) is 12.0. The van der Waals surface area contributed by atoms with Crippen LogP contribution in [-0.2, 0) is 0 Å². The lowest BCUT2D eigenvalue weighted by Crippen LogP contribution is -2.44. The normalized spacial score (nSPS) is 13.8. The van der Waals surface area contributed by atoms with Crippen molar-refractivity contribution in [3.05, 3.63) is 192 Å². The molecule has 4 N–H and O–H groups in total. The molecule has 8 aromatic rings. The standard InChI is InChI=1S/C29H31N5O2.C15H21N5.C14H12O3/c1-21-9-10-23(15-28(21)36-27-7-5-4-6-8-27)29(35)31-24-16-25(33-13-11-32(3)12-14-33)18-26(17-24)34-19-22(2)30-20-34;1-12-10-20(11-17-12)15-8-13(16)7-14(9-15)19-5-3-18(2)4-6-19;1-10-7-8-11(14(15)16)9-13(10)17-12-5-3-2-4-6-12/h4-10,15-20H,11-14H2,1-3H3,(H,31,35);7-11H,3-6,16H2,1-2H3;2-9H,1H3,(H,15,16). The van der Waals surface area contributed by atoms with Crippen molar-refractivity contribution in [2.24, 2.45) is 0 Å². The van der Waals surface area contributed by atoms with Crippen LogP contribution in [-0.4, -0.2) is 112 Å². The molecule has 10 rings (SSSR count).